The third kappa shape index (κ3) is 3.91. The maximum Gasteiger partial charge on any atom is 0.433 e. The minimum absolute atomic E-state index is 0.0918. The van der Waals surface area contributed by atoms with Crippen molar-refractivity contribution >= 4 is 52.4 Å². The second-order valence-electron chi connectivity index (χ2n) is 6.37. The van der Waals surface area contributed by atoms with E-state index >= 15 is 0 Å². The molecule has 0 atom stereocenters. The summed E-state index contributed by atoms with van der Waals surface area (Å²) in [6.07, 6.45) is 1.27. The van der Waals surface area contributed by atoms with Crippen LogP contribution < -0.4 is 5.32 Å². The number of nitrogens with zero attached hydrogens (tertiary/aromatic N) is 4. The third-order valence-corrected chi connectivity index (χ3v) is 4.41. The fourth-order valence-corrected chi connectivity index (χ4v) is 3.03. The van der Waals surface area contributed by atoms with Crippen molar-refractivity contribution in [3.8, 4) is 0 Å². The van der Waals surface area contributed by atoms with E-state index in [0.29, 0.717) is 21.7 Å². The van der Waals surface area contributed by atoms with Gasteiger partial charge in [-0.1, -0.05) is 23.7 Å². The molecule has 0 aliphatic heterocycles. The van der Waals surface area contributed by atoms with Crippen LogP contribution in [0.5, 0.6) is 0 Å². The number of rotatable bonds is 4. The van der Waals surface area contributed by atoms with E-state index < -0.39 is 16.8 Å². The summed E-state index contributed by atoms with van der Waals surface area (Å²) >= 11 is 5.99. The number of aromatic nitrogens is 2. The quantitative estimate of drug-likeness (QED) is 0.270. The van der Waals surface area contributed by atoms with Crippen LogP contribution in [0, 0.1) is 17.0 Å². The van der Waals surface area contributed by atoms with Gasteiger partial charge in [0.1, 0.15) is 4.92 Å². The number of nitro groups is 1. The molecule has 1 amide bonds. The third-order valence-electron chi connectivity index (χ3n) is 4.17. The van der Waals surface area contributed by atoms with E-state index in [0.717, 1.165) is 5.56 Å². The zero-order valence-corrected chi connectivity index (χ0v) is 16.3. The highest BCUT2D eigenvalue weighted by atomic mass is 35.5. The van der Waals surface area contributed by atoms with Gasteiger partial charge in [0.2, 0.25) is 5.95 Å². The lowest BCUT2D eigenvalue weighted by atomic mass is 10.2. The summed E-state index contributed by atoms with van der Waals surface area (Å²) in [5.74, 6) is -0.153. The van der Waals surface area contributed by atoms with Crippen molar-refractivity contribution in [1.29, 1.82) is 0 Å². The first kappa shape index (κ1) is 19.3. The van der Waals surface area contributed by atoms with Gasteiger partial charge in [0, 0.05) is 10.7 Å². The van der Waals surface area contributed by atoms with E-state index in [-0.39, 0.29) is 11.7 Å². The molecule has 0 unspecified atom stereocenters. The van der Waals surface area contributed by atoms with Crippen molar-refractivity contribution in [2.45, 2.75) is 6.92 Å². The fourth-order valence-electron chi connectivity index (χ4n) is 2.84. The second kappa shape index (κ2) is 7.80. The molecule has 0 fully saturated rings. The molecule has 2 aromatic carbocycles. The van der Waals surface area contributed by atoms with E-state index in [4.69, 9.17) is 16.0 Å². The van der Waals surface area contributed by atoms with E-state index in [2.05, 4.69) is 15.3 Å². The molecule has 0 saturated heterocycles. The molecule has 1 N–H and O–H groups in total. The van der Waals surface area contributed by atoms with Gasteiger partial charge in [0.05, 0.1) is 23.3 Å². The van der Waals surface area contributed by atoms with Crippen LogP contribution in [0.1, 0.15) is 11.3 Å². The van der Waals surface area contributed by atoms with Gasteiger partial charge in [0.25, 0.3) is 0 Å². The molecule has 0 aliphatic rings. The van der Waals surface area contributed by atoms with Crippen molar-refractivity contribution in [1.82, 2.24) is 9.55 Å². The Morgan fingerprint density at radius 1 is 1.27 bits per heavy atom. The van der Waals surface area contributed by atoms with Crippen molar-refractivity contribution < 1.29 is 14.1 Å². The molecule has 2 heterocycles. The SMILES string of the molecule is Cc1ccc2c(c1)nc(N=Cc1ccc([N+](=O)[O-])o1)n2C(=O)Nc1cccc(Cl)c1. The van der Waals surface area contributed by atoms with Crippen LogP contribution in [0.25, 0.3) is 11.0 Å². The molecule has 4 rings (SSSR count). The highest BCUT2D eigenvalue weighted by Gasteiger charge is 2.17. The van der Waals surface area contributed by atoms with Gasteiger partial charge >= 0.3 is 11.9 Å². The molecule has 2 aromatic heterocycles. The molecule has 0 aliphatic carbocycles. The Morgan fingerprint density at radius 2 is 2.10 bits per heavy atom. The number of furan rings is 1. The van der Waals surface area contributed by atoms with Gasteiger partial charge in [0.15, 0.2) is 5.76 Å². The van der Waals surface area contributed by atoms with Crippen LogP contribution in [0.3, 0.4) is 0 Å². The summed E-state index contributed by atoms with van der Waals surface area (Å²) in [4.78, 5) is 31.7. The number of halogens is 1. The smallest absolute Gasteiger partial charge is 0.400 e. The summed E-state index contributed by atoms with van der Waals surface area (Å²) in [5, 5.41) is 14.0. The summed E-state index contributed by atoms with van der Waals surface area (Å²) in [7, 11) is 0. The van der Waals surface area contributed by atoms with E-state index in [9.17, 15) is 14.9 Å². The van der Waals surface area contributed by atoms with Gasteiger partial charge in [-0.25, -0.2) is 19.3 Å². The Hall–Kier alpha value is -3.98. The number of carbonyl (C=O) groups is 1. The topological polar surface area (TPSA) is 116 Å². The molecule has 9 nitrogen and oxygen atoms in total. The maximum atomic E-state index is 13.0. The van der Waals surface area contributed by atoms with Gasteiger partial charge in [-0.2, -0.15) is 0 Å². The predicted octanol–water partition coefficient (Wildman–Crippen LogP) is 5.33. The summed E-state index contributed by atoms with van der Waals surface area (Å²) in [6.45, 7) is 1.91. The highest BCUT2D eigenvalue weighted by Crippen LogP contribution is 2.24. The molecule has 0 spiro atoms. The summed E-state index contributed by atoms with van der Waals surface area (Å²) in [6, 6.07) is 14.3. The van der Waals surface area contributed by atoms with Crippen LogP contribution in [-0.2, 0) is 0 Å². The minimum Gasteiger partial charge on any atom is -0.400 e. The van der Waals surface area contributed by atoms with Crippen molar-refractivity contribution in [2.75, 3.05) is 5.32 Å². The van der Waals surface area contributed by atoms with Crippen LogP contribution in [0.15, 0.2) is 64.0 Å². The van der Waals surface area contributed by atoms with Crippen molar-refractivity contribution in [2.24, 2.45) is 4.99 Å². The maximum absolute atomic E-state index is 13.0. The van der Waals surface area contributed by atoms with Gasteiger partial charge < -0.3 is 9.73 Å². The lowest BCUT2D eigenvalue weighted by Crippen LogP contribution is -2.19. The number of imidazole rings is 1. The average Bonchev–Trinajstić information content (AvgIpc) is 3.30. The Kier molecular flexibility index (Phi) is 5.03. The fraction of sp³-hybridized carbons (Fsp3) is 0.0500. The highest BCUT2D eigenvalue weighted by molar-refractivity contribution is 6.30. The zero-order valence-electron chi connectivity index (χ0n) is 15.6. The molecule has 150 valence electrons. The Labute approximate surface area is 174 Å². The van der Waals surface area contributed by atoms with Crippen LogP contribution in [0.2, 0.25) is 5.02 Å². The number of hydrogen-bond donors (Lipinski definition) is 1. The number of anilines is 1. The standard InChI is InChI=1S/C20H14ClN5O4/c1-12-5-7-17-16(9-12)24-19(22-11-15-6-8-18(30-15)26(28)29)25(17)20(27)23-14-4-2-3-13(21)10-14/h2-11H,1H3,(H,23,27). The average molecular weight is 424 g/mol. The van der Waals surface area contributed by atoms with Gasteiger partial charge in [-0.3, -0.25) is 10.1 Å². The first-order valence-electron chi connectivity index (χ1n) is 8.75. The van der Waals surface area contributed by atoms with Crippen molar-refractivity contribution in [3.63, 3.8) is 0 Å². The minimum atomic E-state index is -0.645. The van der Waals surface area contributed by atoms with Crippen LogP contribution >= 0.6 is 11.6 Å². The molecule has 0 bridgehead atoms. The number of hydrogen-bond acceptors (Lipinski definition) is 6. The zero-order chi connectivity index (χ0) is 21.3. The van der Waals surface area contributed by atoms with Gasteiger partial charge in [-0.15, -0.1) is 0 Å². The normalized spacial score (nSPS) is 11.3. The van der Waals surface area contributed by atoms with Crippen molar-refractivity contribution in [3.05, 3.63) is 81.1 Å². The Morgan fingerprint density at radius 3 is 2.83 bits per heavy atom. The molecular weight excluding hydrogens is 410 g/mol. The number of fused-ring (bicyclic) bond motifs is 1. The van der Waals surface area contributed by atoms with E-state index in [1.165, 1.54) is 22.9 Å². The first-order valence-corrected chi connectivity index (χ1v) is 9.13. The first-order chi connectivity index (χ1) is 14.4. The van der Waals surface area contributed by atoms with Crippen LogP contribution in [-0.4, -0.2) is 26.7 Å². The molecule has 30 heavy (non-hydrogen) atoms. The molecule has 0 radical (unpaired) electrons. The Bertz CT molecular complexity index is 1310. The monoisotopic (exact) mass is 423 g/mol. The molecule has 0 saturated carbocycles. The van der Waals surface area contributed by atoms with Gasteiger partial charge in [-0.05, 0) is 48.9 Å². The number of aliphatic imine (C=N–C) groups is 1. The summed E-state index contributed by atoms with van der Waals surface area (Å²) in [5.41, 5.74) is 2.61. The lowest BCUT2D eigenvalue weighted by molar-refractivity contribution is -0.402. The van der Waals surface area contributed by atoms with E-state index in [1.54, 1.807) is 30.3 Å². The predicted molar refractivity (Wildman–Crippen MR) is 113 cm³/mol. The molecule has 10 heteroatoms. The lowest BCUT2D eigenvalue weighted by Gasteiger charge is -2.08. The number of carbonyl (C=O) groups excluding carboxylic acids is 1. The summed E-state index contributed by atoms with van der Waals surface area (Å²) < 4.78 is 6.38. The molecular formula is C20H14ClN5O4. The number of nitrogens with one attached hydrogen (secondary N) is 1. The largest absolute Gasteiger partial charge is 0.433 e. The number of benzene rings is 2. The van der Waals surface area contributed by atoms with E-state index in [1.807, 2.05) is 19.1 Å². The number of amides is 1. The second-order valence-corrected chi connectivity index (χ2v) is 6.81. The Balaban J connectivity index is 1.73. The molecule has 4 aromatic rings. The number of aryl methyl sites for hydroxylation is 1. The van der Waals surface area contributed by atoms with Crippen LogP contribution in [0.4, 0.5) is 22.3 Å².